The van der Waals surface area contributed by atoms with Crippen LogP contribution >= 0.6 is 0 Å². The molecule has 212 valence electrons. The van der Waals surface area contributed by atoms with Gasteiger partial charge in [-0.1, -0.05) is 19.4 Å². The minimum absolute atomic E-state index is 0.0357. The van der Waals surface area contributed by atoms with Gasteiger partial charge in [0.1, 0.15) is 17.9 Å². The fourth-order valence-corrected chi connectivity index (χ4v) is 6.77. The maximum absolute atomic E-state index is 13.1. The topological polar surface area (TPSA) is 155 Å². The van der Waals surface area contributed by atoms with E-state index in [0.717, 1.165) is 11.1 Å². The van der Waals surface area contributed by atoms with Crippen molar-refractivity contribution in [2.45, 2.75) is 94.3 Å². The monoisotopic (exact) mass is 544 g/mol. The van der Waals surface area contributed by atoms with Gasteiger partial charge in [-0.25, -0.2) is 9.59 Å². The van der Waals surface area contributed by atoms with Gasteiger partial charge in [-0.3, -0.25) is 4.79 Å². The van der Waals surface area contributed by atoms with Crippen molar-refractivity contribution in [1.29, 1.82) is 0 Å². The molecule has 39 heavy (non-hydrogen) atoms. The Bertz CT molecular complexity index is 1230. The Labute approximate surface area is 226 Å². The predicted octanol–water partition coefficient (Wildman–Crippen LogP) is 0.811. The number of nitrogens with zero attached hydrogens (tertiary/aromatic N) is 1. The maximum atomic E-state index is 13.1. The SMILES string of the molecule is CCC[C@H](NC(=O)[C@H](C)O)C(=O)O[C@@H](C)C(=O)OC1=CC[C@@]2(O)[C@H]3Cc4ccc(O)c5c4C2(CCN3C)C1O5. The Morgan fingerprint density at radius 1 is 1.26 bits per heavy atom. The summed E-state index contributed by atoms with van der Waals surface area (Å²) >= 11 is 0. The van der Waals surface area contributed by atoms with Crippen LogP contribution in [0.1, 0.15) is 57.6 Å². The molecule has 0 radical (unpaired) electrons. The number of ether oxygens (including phenoxy) is 3. The van der Waals surface area contributed by atoms with Crippen molar-refractivity contribution in [2.75, 3.05) is 13.6 Å². The van der Waals surface area contributed by atoms with Crippen LogP contribution in [0.2, 0.25) is 0 Å². The van der Waals surface area contributed by atoms with Gasteiger partial charge in [-0.2, -0.15) is 0 Å². The molecule has 11 heteroatoms. The van der Waals surface area contributed by atoms with Gasteiger partial charge in [-0.15, -0.1) is 0 Å². The van der Waals surface area contributed by atoms with E-state index in [4.69, 9.17) is 14.2 Å². The van der Waals surface area contributed by atoms with Crippen LogP contribution in [-0.4, -0.2) is 87.7 Å². The summed E-state index contributed by atoms with van der Waals surface area (Å²) in [7, 11) is 1.98. The number of phenols is 1. The highest BCUT2D eigenvalue weighted by molar-refractivity contribution is 5.88. The molecular formula is C28H36N2O9. The van der Waals surface area contributed by atoms with E-state index in [1.807, 2.05) is 20.0 Å². The van der Waals surface area contributed by atoms with E-state index >= 15 is 0 Å². The van der Waals surface area contributed by atoms with Crippen LogP contribution < -0.4 is 10.1 Å². The Morgan fingerprint density at radius 3 is 2.69 bits per heavy atom. The first-order valence-electron chi connectivity index (χ1n) is 13.5. The van der Waals surface area contributed by atoms with Gasteiger partial charge in [0.2, 0.25) is 5.91 Å². The average molecular weight is 545 g/mol. The highest BCUT2D eigenvalue weighted by atomic mass is 16.6. The number of amides is 1. The minimum Gasteiger partial charge on any atom is -0.504 e. The summed E-state index contributed by atoms with van der Waals surface area (Å²) in [4.78, 5) is 39.9. The fourth-order valence-electron chi connectivity index (χ4n) is 6.77. The number of hydrogen-bond donors (Lipinski definition) is 4. The van der Waals surface area contributed by atoms with Gasteiger partial charge in [0.25, 0.3) is 0 Å². The maximum Gasteiger partial charge on any atom is 0.352 e. The number of aliphatic hydroxyl groups is 2. The smallest absolute Gasteiger partial charge is 0.352 e. The Morgan fingerprint density at radius 2 is 2.00 bits per heavy atom. The molecule has 2 aliphatic heterocycles. The molecule has 1 aromatic rings. The van der Waals surface area contributed by atoms with E-state index in [1.165, 1.54) is 13.8 Å². The highest BCUT2D eigenvalue weighted by Gasteiger charge is 2.72. The standard InChI is InChI=1S/C28H36N2O9/c1-5-6-17(29-24(33)14(2)31)26(35)37-15(3)25(34)38-19-9-10-28(36)20-13-16-7-8-18(32)22-21(16)27(28,23(19)39-22)11-12-30(20)4/h7-9,14-15,17,20,23,31-32,36H,5-6,10-13H2,1-4H3,(H,29,33)/t14-,15-,17-,20+,23?,27?,28+/m0/s1. The summed E-state index contributed by atoms with van der Waals surface area (Å²) in [6.45, 7) is 5.17. The summed E-state index contributed by atoms with van der Waals surface area (Å²) in [5, 5.41) is 34.7. The van der Waals surface area contributed by atoms with Gasteiger partial charge in [0.05, 0.1) is 11.0 Å². The van der Waals surface area contributed by atoms with Crippen molar-refractivity contribution in [3.8, 4) is 11.5 Å². The van der Waals surface area contributed by atoms with E-state index in [2.05, 4.69) is 10.2 Å². The summed E-state index contributed by atoms with van der Waals surface area (Å²) in [5.74, 6) is -1.90. The van der Waals surface area contributed by atoms with Crippen molar-refractivity contribution in [1.82, 2.24) is 10.2 Å². The quantitative estimate of drug-likeness (QED) is 0.346. The number of aromatic hydroxyl groups is 1. The number of piperidine rings is 1. The predicted molar refractivity (Wildman–Crippen MR) is 137 cm³/mol. The number of hydrogen-bond acceptors (Lipinski definition) is 10. The molecule has 1 aromatic carbocycles. The number of esters is 2. The van der Waals surface area contributed by atoms with Gasteiger partial charge >= 0.3 is 11.9 Å². The molecule has 5 rings (SSSR count). The van der Waals surface area contributed by atoms with Crippen molar-refractivity contribution < 1.29 is 43.9 Å². The van der Waals surface area contributed by atoms with Crippen molar-refractivity contribution in [3.05, 3.63) is 35.1 Å². The molecule has 2 bridgehead atoms. The van der Waals surface area contributed by atoms with E-state index < -0.39 is 53.2 Å². The first-order chi connectivity index (χ1) is 18.4. The number of aliphatic hydroxyl groups excluding tert-OH is 1. The minimum atomic E-state index is -1.30. The summed E-state index contributed by atoms with van der Waals surface area (Å²) in [6, 6.07) is 2.24. The van der Waals surface area contributed by atoms with Crippen LogP contribution in [0.4, 0.5) is 0 Å². The Kier molecular flexibility index (Phi) is 6.89. The van der Waals surface area contributed by atoms with Crippen molar-refractivity contribution >= 4 is 17.8 Å². The number of carbonyl (C=O) groups is 3. The number of nitrogens with one attached hydrogen (secondary N) is 1. The second-order valence-electron chi connectivity index (χ2n) is 11.1. The lowest BCUT2D eigenvalue weighted by Gasteiger charge is -2.61. The summed E-state index contributed by atoms with van der Waals surface area (Å²) < 4.78 is 17.4. The Balaban J connectivity index is 1.37. The van der Waals surface area contributed by atoms with E-state index in [1.54, 1.807) is 12.1 Å². The largest absolute Gasteiger partial charge is 0.504 e. The zero-order chi connectivity index (χ0) is 28.3. The molecule has 11 nitrogen and oxygen atoms in total. The third-order valence-corrected chi connectivity index (χ3v) is 8.75. The summed E-state index contributed by atoms with van der Waals surface area (Å²) in [6.07, 6.45) is 0.380. The molecule has 1 amide bonds. The lowest BCUT2D eigenvalue weighted by molar-refractivity contribution is -0.176. The van der Waals surface area contributed by atoms with E-state index in [9.17, 15) is 29.7 Å². The lowest BCUT2D eigenvalue weighted by atomic mass is 9.50. The number of likely N-dealkylation sites (N-methyl/N-ethyl adjacent to an activating group) is 1. The number of phenolic OH excluding ortho intramolecular Hbond substituents is 1. The molecule has 1 saturated heterocycles. The van der Waals surface area contributed by atoms with Gasteiger partial charge in [0.15, 0.2) is 23.7 Å². The first kappa shape index (κ1) is 27.4. The zero-order valence-corrected chi connectivity index (χ0v) is 22.6. The fraction of sp³-hybridized carbons (Fsp3) is 0.607. The number of likely N-dealkylation sites (tertiary alicyclic amines) is 1. The molecule has 2 aliphatic carbocycles. The van der Waals surface area contributed by atoms with Crippen LogP contribution in [0.25, 0.3) is 0 Å². The van der Waals surface area contributed by atoms with Crippen LogP contribution in [0.5, 0.6) is 11.5 Å². The number of carbonyl (C=O) groups excluding carboxylic acids is 3. The van der Waals surface area contributed by atoms with Crippen molar-refractivity contribution in [3.63, 3.8) is 0 Å². The number of rotatable bonds is 8. The van der Waals surface area contributed by atoms with Gasteiger partial charge < -0.3 is 39.7 Å². The molecule has 1 spiro atoms. The molecule has 0 saturated carbocycles. The second kappa shape index (κ2) is 9.79. The molecular weight excluding hydrogens is 508 g/mol. The third kappa shape index (κ3) is 4.09. The molecule has 2 heterocycles. The molecule has 4 aliphatic rings. The molecule has 1 fully saturated rings. The molecule has 7 atom stereocenters. The van der Waals surface area contributed by atoms with Crippen molar-refractivity contribution in [2.24, 2.45) is 0 Å². The van der Waals surface area contributed by atoms with Gasteiger partial charge in [0, 0.05) is 18.0 Å². The number of benzene rings is 1. The van der Waals surface area contributed by atoms with Crippen LogP contribution in [-0.2, 0) is 35.7 Å². The molecule has 0 aromatic heterocycles. The normalized spacial score (nSPS) is 30.7. The molecule has 2 unspecified atom stereocenters. The van der Waals surface area contributed by atoms with E-state index in [0.29, 0.717) is 31.6 Å². The van der Waals surface area contributed by atoms with Crippen LogP contribution in [0.15, 0.2) is 24.0 Å². The van der Waals surface area contributed by atoms with Crippen LogP contribution in [0.3, 0.4) is 0 Å². The average Bonchev–Trinajstić information content (AvgIpc) is 3.25. The lowest BCUT2D eigenvalue weighted by Crippen LogP contribution is -2.74. The first-order valence-corrected chi connectivity index (χ1v) is 13.5. The highest BCUT2D eigenvalue weighted by Crippen LogP contribution is 2.65. The Hall–Kier alpha value is -3.15. The van der Waals surface area contributed by atoms with Crippen LogP contribution in [0, 0.1) is 0 Å². The molecule has 4 N–H and O–H groups in total. The third-order valence-electron chi connectivity index (χ3n) is 8.75. The van der Waals surface area contributed by atoms with Gasteiger partial charge in [-0.05, 0) is 64.4 Å². The second-order valence-corrected chi connectivity index (χ2v) is 11.1. The van der Waals surface area contributed by atoms with E-state index in [-0.39, 0.29) is 30.4 Å². The summed E-state index contributed by atoms with van der Waals surface area (Å²) in [5.41, 5.74) is -0.340. The zero-order valence-electron chi connectivity index (χ0n) is 22.6.